The predicted octanol–water partition coefficient (Wildman–Crippen LogP) is 4.65. The molecule has 166 valence electrons. The lowest BCUT2D eigenvalue weighted by atomic mass is 10.0. The highest BCUT2D eigenvalue weighted by molar-refractivity contribution is 6.04. The summed E-state index contributed by atoms with van der Waals surface area (Å²) < 4.78 is 10.4. The maximum atomic E-state index is 13.0. The van der Waals surface area contributed by atoms with Crippen LogP contribution < -0.4 is 10.6 Å². The molecule has 0 saturated carbocycles. The third kappa shape index (κ3) is 6.07. The molecule has 1 heterocycles. The van der Waals surface area contributed by atoms with E-state index in [9.17, 15) is 14.4 Å². The average Bonchev–Trinajstić information content (AvgIpc) is 3.30. The molecule has 0 aliphatic rings. The van der Waals surface area contributed by atoms with Crippen LogP contribution in [-0.4, -0.2) is 23.9 Å². The van der Waals surface area contributed by atoms with E-state index in [1.54, 1.807) is 44.2 Å². The van der Waals surface area contributed by atoms with Crippen molar-refractivity contribution in [1.82, 2.24) is 5.32 Å². The predicted molar refractivity (Wildman–Crippen MR) is 120 cm³/mol. The molecule has 1 unspecified atom stereocenters. The number of benzene rings is 2. The summed E-state index contributed by atoms with van der Waals surface area (Å²) >= 11 is 0. The number of esters is 1. The van der Waals surface area contributed by atoms with E-state index in [0.717, 1.165) is 11.1 Å². The summed E-state index contributed by atoms with van der Waals surface area (Å²) in [5.74, 6) is -1.00. The Morgan fingerprint density at radius 3 is 2.38 bits per heavy atom. The van der Waals surface area contributed by atoms with Gasteiger partial charge in [-0.2, -0.15) is 0 Å². The molecular formula is C25H26N2O5. The largest absolute Gasteiger partial charge is 0.463 e. The third-order valence-electron chi connectivity index (χ3n) is 4.74. The molecule has 2 amide bonds. The summed E-state index contributed by atoms with van der Waals surface area (Å²) in [4.78, 5) is 37.6. The highest BCUT2D eigenvalue weighted by Gasteiger charge is 2.21. The minimum Gasteiger partial charge on any atom is -0.463 e. The zero-order valence-electron chi connectivity index (χ0n) is 18.3. The molecule has 0 fully saturated rings. The fourth-order valence-electron chi connectivity index (χ4n) is 3.15. The van der Waals surface area contributed by atoms with E-state index in [1.807, 2.05) is 37.3 Å². The Morgan fingerprint density at radius 1 is 0.969 bits per heavy atom. The molecule has 0 spiro atoms. The lowest BCUT2D eigenvalue weighted by Crippen LogP contribution is -2.31. The lowest BCUT2D eigenvalue weighted by molar-refractivity contribution is -0.147. The van der Waals surface area contributed by atoms with E-state index in [2.05, 4.69) is 10.6 Å². The molecule has 2 N–H and O–H groups in total. The molecule has 0 aliphatic heterocycles. The van der Waals surface area contributed by atoms with Crippen LogP contribution in [0.15, 0.2) is 71.3 Å². The van der Waals surface area contributed by atoms with Crippen molar-refractivity contribution in [2.75, 3.05) is 5.32 Å². The van der Waals surface area contributed by atoms with Gasteiger partial charge in [0.05, 0.1) is 24.8 Å². The van der Waals surface area contributed by atoms with Crippen LogP contribution in [0.5, 0.6) is 0 Å². The van der Waals surface area contributed by atoms with E-state index >= 15 is 0 Å². The second-order valence-electron chi connectivity index (χ2n) is 7.64. The summed E-state index contributed by atoms with van der Waals surface area (Å²) in [6.45, 7) is 5.38. The number of ether oxygens (including phenoxy) is 1. The zero-order valence-corrected chi connectivity index (χ0v) is 18.3. The Bertz CT molecular complexity index is 1070. The second-order valence-corrected chi connectivity index (χ2v) is 7.64. The first kappa shape index (κ1) is 22.8. The fraction of sp³-hybridized carbons (Fsp3) is 0.240. The fourth-order valence-corrected chi connectivity index (χ4v) is 3.15. The monoisotopic (exact) mass is 434 g/mol. The average molecular weight is 434 g/mol. The van der Waals surface area contributed by atoms with Crippen LogP contribution in [0.3, 0.4) is 0 Å². The van der Waals surface area contributed by atoms with E-state index < -0.39 is 17.9 Å². The maximum absolute atomic E-state index is 13.0. The Hall–Kier alpha value is -3.87. The van der Waals surface area contributed by atoms with Crippen LogP contribution in [0.1, 0.15) is 58.3 Å². The first-order chi connectivity index (χ1) is 15.3. The standard InChI is InChI=1S/C25H26N2O5/c1-16(2)32-23(28)15-21(18-8-5-4-6-9-18)27-24(29)19-12-11-17(3)20(14-19)26-25(30)22-10-7-13-31-22/h4-14,16,21H,15H2,1-3H3,(H,26,30)(H,27,29). The van der Waals surface area contributed by atoms with Gasteiger partial charge in [0.15, 0.2) is 5.76 Å². The van der Waals surface area contributed by atoms with E-state index in [1.165, 1.54) is 6.26 Å². The number of rotatable bonds is 8. The van der Waals surface area contributed by atoms with Gasteiger partial charge in [-0.25, -0.2) is 0 Å². The smallest absolute Gasteiger partial charge is 0.308 e. The van der Waals surface area contributed by atoms with Crippen molar-refractivity contribution in [2.24, 2.45) is 0 Å². The molecule has 0 radical (unpaired) electrons. The Labute approximate surface area is 186 Å². The van der Waals surface area contributed by atoms with Crippen molar-refractivity contribution in [2.45, 2.75) is 39.3 Å². The van der Waals surface area contributed by atoms with Gasteiger partial charge >= 0.3 is 5.97 Å². The van der Waals surface area contributed by atoms with Crippen molar-refractivity contribution < 1.29 is 23.5 Å². The maximum Gasteiger partial charge on any atom is 0.308 e. The van der Waals surface area contributed by atoms with Crippen LogP contribution in [0.2, 0.25) is 0 Å². The zero-order chi connectivity index (χ0) is 23.1. The SMILES string of the molecule is Cc1ccc(C(=O)NC(CC(=O)OC(C)C)c2ccccc2)cc1NC(=O)c1ccco1. The molecular weight excluding hydrogens is 408 g/mol. The van der Waals surface area contributed by atoms with Gasteiger partial charge in [-0.15, -0.1) is 0 Å². The van der Waals surface area contributed by atoms with Crippen LogP contribution in [0.4, 0.5) is 5.69 Å². The van der Waals surface area contributed by atoms with Gasteiger partial charge in [-0.3, -0.25) is 14.4 Å². The number of hydrogen-bond donors (Lipinski definition) is 2. The highest BCUT2D eigenvalue weighted by atomic mass is 16.5. The molecule has 3 aromatic rings. The summed E-state index contributed by atoms with van der Waals surface area (Å²) in [6, 6.07) is 16.9. The molecule has 7 heteroatoms. The molecule has 32 heavy (non-hydrogen) atoms. The number of anilines is 1. The van der Waals surface area contributed by atoms with Gasteiger partial charge in [-0.05, 0) is 56.2 Å². The van der Waals surface area contributed by atoms with Crippen LogP contribution in [0, 0.1) is 6.92 Å². The van der Waals surface area contributed by atoms with E-state index in [4.69, 9.17) is 9.15 Å². The Kier molecular flexibility index (Phi) is 7.44. The van der Waals surface area contributed by atoms with Crippen LogP contribution >= 0.6 is 0 Å². The van der Waals surface area contributed by atoms with E-state index in [-0.39, 0.29) is 24.2 Å². The van der Waals surface area contributed by atoms with Crippen molar-refractivity contribution in [3.63, 3.8) is 0 Å². The molecule has 1 aromatic heterocycles. The minimum absolute atomic E-state index is 0.00187. The number of furan rings is 1. The first-order valence-corrected chi connectivity index (χ1v) is 10.3. The van der Waals surface area contributed by atoms with Crippen LogP contribution in [0.25, 0.3) is 0 Å². The minimum atomic E-state index is -0.558. The first-order valence-electron chi connectivity index (χ1n) is 10.3. The Morgan fingerprint density at radius 2 is 1.72 bits per heavy atom. The number of hydrogen-bond acceptors (Lipinski definition) is 5. The van der Waals surface area contributed by atoms with Crippen LogP contribution in [-0.2, 0) is 9.53 Å². The van der Waals surface area contributed by atoms with Crippen molar-refractivity contribution in [3.05, 3.63) is 89.4 Å². The topological polar surface area (TPSA) is 97.6 Å². The molecule has 0 bridgehead atoms. The summed E-state index contributed by atoms with van der Waals surface area (Å²) in [5, 5.41) is 5.67. The Balaban J connectivity index is 1.78. The number of carbonyl (C=O) groups is 3. The van der Waals surface area contributed by atoms with Gasteiger partial charge in [0.2, 0.25) is 0 Å². The van der Waals surface area contributed by atoms with Gasteiger partial charge in [0.1, 0.15) is 0 Å². The number of nitrogens with one attached hydrogen (secondary N) is 2. The molecule has 0 aliphatic carbocycles. The van der Waals surface area contributed by atoms with Gasteiger partial charge in [0, 0.05) is 11.3 Å². The molecule has 7 nitrogen and oxygen atoms in total. The van der Waals surface area contributed by atoms with Gasteiger partial charge in [0.25, 0.3) is 11.8 Å². The van der Waals surface area contributed by atoms with Crippen molar-refractivity contribution in [3.8, 4) is 0 Å². The quantitative estimate of drug-likeness (QED) is 0.503. The molecule has 1 atom stereocenters. The lowest BCUT2D eigenvalue weighted by Gasteiger charge is -2.20. The molecule has 2 aromatic carbocycles. The third-order valence-corrected chi connectivity index (χ3v) is 4.74. The molecule has 0 saturated heterocycles. The number of amides is 2. The summed E-state index contributed by atoms with van der Waals surface area (Å²) in [7, 11) is 0. The van der Waals surface area contributed by atoms with Gasteiger partial charge in [-0.1, -0.05) is 36.4 Å². The van der Waals surface area contributed by atoms with Crippen molar-refractivity contribution >= 4 is 23.5 Å². The highest BCUT2D eigenvalue weighted by Crippen LogP contribution is 2.21. The normalized spacial score (nSPS) is 11.6. The molecule has 3 rings (SSSR count). The van der Waals surface area contributed by atoms with Gasteiger partial charge < -0.3 is 19.8 Å². The second kappa shape index (κ2) is 10.4. The van der Waals surface area contributed by atoms with Crippen molar-refractivity contribution in [1.29, 1.82) is 0 Å². The summed E-state index contributed by atoms with van der Waals surface area (Å²) in [5.41, 5.74) is 2.43. The summed E-state index contributed by atoms with van der Waals surface area (Å²) in [6.07, 6.45) is 1.17. The number of aryl methyl sites for hydroxylation is 1. The number of carbonyl (C=O) groups excluding carboxylic acids is 3. The van der Waals surface area contributed by atoms with E-state index in [0.29, 0.717) is 11.3 Å².